The lowest BCUT2D eigenvalue weighted by Crippen LogP contribution is -2.38. The van der Waals surface area contributed by atoms with Gasteiger partial charge < -0.3 is 16.9 Å². The topological polar surface area (TPSA) is 156 Å². The lowest BCUT2D eigenvalue weighted by molar-refractivity contribution is 0.557. The van der Waals surface area contributed by atoms with Gasteiger partial charge in [-0.1, -0.05) is 0 Å². The number of hydrogen-bond donors (Lipinski definition) is 4. The third-order valence-electron chi connectivity index (χ3n) is 1.87. The standard InChI is InChI=1S/C8H18N6.H2O/c1-7(2,5(9)10)13-14-8(3,4)6(11)12;/h1-4H3,(H3,9,10)(H3,11,12);1H2/b14-13+;. The summed E-state index contributed by atoms with van der Waals surface area (Å²) in [5, 5.41) is 22.3. The summed E-state index contributed by atoms with van der Waals surface area (Å²) < 4.78 is 0. The number of nitrogens with two attached hydrogens (primary N) is 2. The molecule has 0 unspecified atom stereocenters. The summed E-state index contributed by atoms with van der Waals surface area (Å²) in [5.41, 5.74) is 8.96. The van der Waals surface area contributed by atoms with Crippen molar-refractivity contribution in [1.29, 1.82) is 10.8 Å². The zero-order chi connectivity index (χ0) is 11.6. The van der Waals surface area contributed by atoms with E-state index < -0.39 is 11.1 Å². The van der Waals surface area contributed by atoms with E-state index in [0.717, 1.165) is 0 Å². The Morgan fingerprint density at radius 1 is 0.867 bits per heavy atom. The van der Waals surface area contributed by atoms with E-state index in [1.54, 1.807) is 27.7 Å². The van der Waals surface area contributed by atoms with E-state index in [4.69, 9.17) is 22.3 Å². The fraction of sp³-hybridized carbons (Fsp3) is 0.750. The SMILES string of the molecule is CC(C)(/N=N/C(C)(C)C(=N)N)C(=N)N.O. The van der Waals surface area contributed by atoms with Gasteiger partial charge in [0.1, 0.15) is 22.7 Å². The summed E-state index contributed by atoms with van der Waals surface area (Å²) >= 11 is 0. The van der Waals surface area contributed by atoms with Gasteiger partial charge in [0.15, 0.2) is 0 Å². The minimum absolute atomic E-state index is 0. The maximum atomic E-state index is 7.25. The second-order valence-electron chi connectivity index (χ2n) is 4.15. The average molecular weight is 216 g/mol. The van der Waals surface area contributed by atoms with E-state index in [-0.39, 0.29) is 17.1 Å². The average Bonchev–Trinajstić information content (AvgIpc) is 2.01. The highest BCUT2D eigenvalue weighted by Gasteiger charge is 2.25. The molecule has 15 heavy (non-hydrogen) atoms. The highest BCUT2D eigenvalue weighted by atomic mass is 16.0. The van der Waals surface area contributed by atoms with Crippen LogP contribution >= 0.6 is 0 Å². The molecular weight excluding hydrogens is 196 g/mol. The predicted octanol–water partition coefficient (Wildman–Crippen LogP) is 0.0430. The predicted molar refractivity (Wildman–Crippen MR) is 60.5 cm³/mol. The summed E-state index contributed by atoms with van der Waals surface area (Å²) in [4.78, 5) is 0. The number of hydrogen-bond acceptors (Lipinski definition) is 4. The second-order valence-corrected chi connectivity index (χ2v) is 4.15. The molecule has 0 atom stereocenters. The van der Waals surface area contributed by atoms with Crippen LogP contribution in [0.3, 0.4) is 0 Å². The maximum absolute atomic E-state index is 7.25. The van der Waals surface area contributed by atoms with Crippen LogP contribution in [0.5, 0.6) is 0 Å². The van der Waals surface area contributed by atoms with E-state index in [0.29, 0.717) is 0 Å². The van der Waals surface area contributed by atoms with E-state index >= 15 is 0 Å². The highest BCUT2D eigenvalue weighted by molar-refractivity contribution is 5.87. The van der Waals surface area contributed by atoms with Crippen LogP contribution in [0.4, 0.5) is 0 Å². The molecule has 0 radical (unpaired) electrons. The fourth-order valence-electron chi connectivity index (χ4n) is 0.358. The number of azo groups is 1. The number of rotatable bonds is 4. The molecule has 7 heteroatoms. The molecule has 8 N–H and O–H groups in total. The van der Waals surface area contributed by atoms with Crippen molar-refractivity contribution in [3.8, 4) is 0 Å². The van der Waals surface area contributed by atoms with E-state index in [1.165, 1.54) is 0 Å². The van der Waals surface area contributed by atoms with Gasteiger partial charge in [-0.3, -0.25) is 10.8 Å². The normalized spacial score (nSPS) is 12.3. The first-order valence-corrected chi connectivity index (χ1v) is 4.22. The van der Waals surface area contributed by atoms with Crippen LogP contribution in [0.1, 0.15) is 27.7 Å². The Labute approximate surface area is 89.3 Å². The third kappa shape index (κ3) is 4.50. The van der Waals surface area contributed by atoms with Gasteiger partial charge in [-0.15, -0.1) is 0 Å². The van der Waals surface area contributed by atoms with Crippen molar-refractivity contribution in [3.63, 3.8) is 0 Å². The van der Waals surface area contributed by atoms with Crippen molar-refractivity contribution >= 4 is 11.7 Å². The van der Waals surface area contributed by atoms with Gasteiger partial charge in [0.25, 0.3) is 0 Å². The smallest absolute Gasteiger partial charge is 0.132 e. The Morgan fingerprint density at radius 3 is 1.20 bits per heavy atom. The molecular formula is C8H20N6O. The van der Waals surface area contributed by atoms with Crippen molar-refractivity contribution in [2.24, 2.45) is 21.7 Å². The molecule has 0 aromatic rings. The second kappa shape index (κ2) is 4.83. The zero-order valence-electron chi connectivity index (χ0n) is 9.55. The molecule has 0 aliphatic carbocycles. The molecule has 0 saturated heterocycles. The third-order valence-corrected chi connectivity index (χ3v) is 1.87. The fourth-order valence-corrected chi connectivity index (χ4v) is 0.358. The van der Waals surface area contributed by atoms with Crippen LogP contribution in [0.15, 0.2) is 10.2 Å². The minimum Gasteiger partial charge on any atom is -0.412 e. The molecule has 0 heterocycles. The summed E-state index contributed by atoms with van der Waals surface area (Å²) in [6.45, 7) is 6.70. The van der Waals surface area contributed by atoms with Crippen molar-refractivity contribution in [1.82, 2.24) is 0 Å². The van der Waals surface area contributed by atoms with Crippen molar-refractivity contribution in [2.45, 2.75) is 38.8 Å². The molecule has 0 aromatic carbocycles. The largest absolute Gasteiger partial charge is 0.412 e. The first kappa shape index (κ1) is 15.9. The summed E-state index contributed by atoms with van der Waals surface area (Å²) in [6, 6.07) is 0. The molecule has 7 nitrogen and oxygen atoms in total. The monoisotopic (exact) mass is 216 g/mol. The number of nitrogens with one attached hydrogen (secondary N) is 2. The van der Waals surface area contributed by atoms with Crippen LogP contribution < -0.4 is 11.5 Å². The van der Waals surface area contributed by atoms with Gasteiger partial charge in [-0.05, 0) is 27.7 Å². The minimum atomic E-state index is -0.841. The van der Waals surface area contributed by atoms with E-state index in [2.05, 4.69) is 10.2 Å². The first-order chi connectivity index (χ1) is 6.09. The van der Waals surface area contributed by atoms with Gasteiger partial charge in [-0.2, -0.15) is 10.2 Å². The van der Waals surface area contributed by atoms with Crippen LogP contribution in [-0.4, -0.2) is 28.2 Å². The number of amidine groups is 2. The Bertz CT molecular complexity index is 253. The molecule has 0 aliphatic heterocycles. The zero-order valence-corrected chi connectivity index (χ0v) is 9.55. The molecule has 88 valence electrons. The quantitative estimate of drug-likeness (QED) is 0.297. The highest BCUT2D eigenvalue weighted by Crippen LogP contribution is 2.15. The van der Waals surface area contributed by atoms with Gasteiger partial charge in [0, 0.05) is 0 Å². The maximum Gasteiger partial charge on any atom is 0.132 e. The van der Waals surface area contributed by atoms with E-state index in [1.807, 2.05) is 0 Å². The Hall–Kier alpha value is -1.50. The van der Waals surface area contributed by atoms with Crippen molar-refractivity contribution < 1.29 is 5.48 Å². The lowest BCUT2D eigenvalue weighted by Gasteiger charge is -2.20. The molecule has 0 spiro atoms. The van der Waals surface area contributed by atoms with Gasteiger partial charge in [-0.25, -0.2) is 0 Å². The number of nitrogens with zero attached hydrogens (tertiary/aromatic N) is 2. The summed E-state index contributed by atoms with van der Waals surface area (Å²) in [5.74, 6) is -0.138. The van der Waals surface area contributed by atoms with E-state index in [9.17, 15) is 0 Å². The van der Waals surface area contributed by atoms with Crippen LogP contribution in [-0.2, 0) is 0 Å². The molecule has 0 aromatic heterocycles. The van der Waals surface area contributed by atoms with Crippen LogP contribution in [0.25, 0.3) is 0 Å². The molecule has 0 aliphatic rings. The van der Waals surface area contributed by atoms with Gasteiger partial charge in [0.05, 0.1) is 0 Å². The molecule has 0 fully saturated rings. The molecule has 0 saturated carbocycles. The summed E-state index contributed by atoms with van der Waals surface area (Å²) in [7, 11) is 0. The van der Waals surface area contributed by atoms with Crippen molar-refractivity contribution in [2.75, 3.05) is 0 Å². The molecule has 0 bridgehead atoms. The van der Waals surface area contributed by atoms with Crippen LogP contribution in [0.2, 0.25) is 0 Å². The lowest BCUT2D eigenvalue weighted by atomic mass is 10.1. The molecule has 0 amide bonds. The molecule has 0 rings (SSSR count). The Morgan fingerprint density at radius 2 is 1.07 bits per heavy atom. The van der Waals surface area contributed by atoms with Crippen molar-refractivity contribution in [3.05, 3.63) is 0 Å². The van der Waals surface area contributed by atoms with Gasteiger partial charge in [0.2, 0.25) is 0 Å². The Balaban J connectivity index is 0. The first-order valence-electron chi connectivity index (χ1n) is 4.22. The van der Waals surface area contributed by atoms with Crippen LogP contribution in [0, 0.1) is 10.8 Å². The summed E-state index contributed by atoms with van der Waals surface area (Å²) in [6.07, 6.45) is 0. The van der Waals surface area contributed by atoms with Gasteiger partial charge >= 0.3 is 0 Å². The Kier molecular flexibility index (Phi) is 5.14.